The van der Waals surface area contributed by atoms with E-state index in [0.717, 1.165) is 6.42 Å². The minimum atomic E-state index is 0.990. The van der Waals surface area contributed by atoms with Gasteiger partial charge in [0.1, 0.15) is 0 Å². The molecule has 0 bridgehead atoms. The molecule has 0 aliphatic heterocycles. The largest absolute Gasteiger partial charge is 0.0795 e. The Balaban J connectivity index is 1.90. The first-order valence-corrected chi connectivity index (χ1v) is 10.4. The van der Waals surface area contributed by atoms with Crippen LogP contribution >= 0.6 is 0 Å². The van der Waals surface area contributed by atoms with Crippen LogP contribution in [0.25, 0.3) is 22.8 Å². The molecule has 5 rings (SSSR count). The van der Waals surface area contributed by atoms with Gasteiger partial charge in [-0.3, -0.25) is 0 Å². The number of rotatable bonds is 2. The van der Waals surface area contributed by atoms with Gasteiger partial charge in [-0.2, -0.15) is 0 Å². The van der Waals surface area contributed by atoms with Crippen molar-refractivity contribution in [3.63, 3.8) is 0 Å². The highest BCUT2D eigenvalue weighted by molar-refractivity contribution is 6.01. The van der Waals surface area contributed by atoms with Gasteiger partial charge in [0.05, 0.1) is 0 Å². The third kappa shape index (κ3) is 2.83. The van der Waals surface area contributed by atoms with Crippen LogP contribution in [0.1, 0.15) is 48.1 Å². The maximum absolute atomic E-state index is 2.39. The molecule has 0 amide bonds. The van der Waals surface area contributed by atoms with Gasteiger partial charge in [-0.15, -0.1) is 0 Å². The lowest BCUT2D eigenvalue weighted by Crippen LogP contribution is -2.13. The molecule has 0 saturated heterocycles. The average molecular weight is 375 g/mol. The van der Waals surface area contributed by atoms with Gasteiger partial charge in [0, 0.05) is 0 Å². The van der Waals surface area contributed by atoms with Crippen molar-refractivity contribution in [3.8, 4) is 0 Å². The Bertz CT molecular complexity index is 1440. The van der Waals surface area contributed by atoms with Crippen molar-refractivity contribution in [3.05, 3.63) is 115 Å². The second-order valence-electron chi connectivity index (χ2n) is 8.50. The van der Waals surface area contributed by atoms with E-state index in [1.807, 2.05) is 0 Å². The van der Waals surface area contributed by atoms with Gasteiger partial charge >= 0.3 is 0 Å². The molecular weight excluding hydrogens is 348 g/mol. The summed E-state index contributed by atoms with van der Waals surface area (Å²) in [5.41, 5.74) is 11.0. The van der Waals surface area contributed by atoms with Gasteiger partial charge < -0.3 is 0 Å². The molecule has 29 heavy (non-hydrogen) atoms. The standard InChI is InChI=1S/C29H26/c1-18(2)22-14-15-26-24-9-6-5-8-21(24)17-28(26)29(22)27-11-7-10-25(27)23-13-12-19(3)16-20(23)4/h5-10,12-17H,11H2,1-4H3. The monoisotopic (exact) mass is 374 g/mol. The van der Waals surface area contributed by atoms with Crippen LogP contribution in [-0.2, 0) is 0 Å². The molecule has 0 N–H and O–H groups in total. The number of hydrogen-bond donors (Lipinski definition) is 0. The van der Waals surface area contributed by atoms with Gasteiger partial charge in [-0.05, 0) is 94.5 Å². The fourth-order valence-corrected chi connectivity index (χ4v) is 4.88. The fraction of sp³-hybridized carbons (Fsp3) is 0.172. The van der Waals surface area contributed by atoms with Crippen LogP contribution in [0.4, 0.5) is 0 Å². The van der Waals surface area contributed by atoms with E-state index in [4.69, 9.17) is 0 Å². The lowest BCUT2D eigenvalue weighted by Gasteiger charge is -2.15. The number of benzene rings is 3. The van der Waals surface area contributed by atoms with E-state index in [-0.39, 0.29) is 0 Å². The van der Waals surface area contributed by atoms with E-state index < -0.39 is 0 Å². The van der Waals surface area contributed by atoms with Gasteiger partial charge in [0.2, 0.25) is 0 Å². The van der Waals surface area contributed by atoms with Crippen LogP contribution < -0.4 is 10.4 Å². The van der Waals surface area contributed by atoms with Crippen LogP contribution in [0, 0.1) is 24.3 Å². The maximum atomic E-state index is 2.39. The van der Waals surface area contributed by atoms with Crippen LogP contribution in [0.3, 0.4) is 0 Å². The molecule has 3 aromatic carbocycles. The first kappa shape index (κ1) is 17.9. The topological polar surface area (TPSA) is 0 Å². The van der Waals surface area contributed by atoms with Crippen molar-refractivity contribution in [2.45, 2.75) is 34.1 Å². The molecular formula is C29H26. The molecule has 0 unspecified atom stereocenters. The normalized spacial score (nSPS) is 14.1. The van der Waals surface area contributed by atoms with E-state index in [0.29, 0.717) is 0 Å². The summed E-state index contributed by atoms with van der Waals surface area (Å²) in [6.07, 6.45) is 8.02. The summed E-state index contributed by atoms with van der Waals surface area (Å²) >= 11 is 0. The van der Waals surface area contributed by atoms with Crippen LogP contribution in [0.2, 0.25) is 0 Å². The molecule has 0 saturated carbocycles. The Morgan fingerprint density at radius 3 is 2.48 bits per heavy atom. The highest BCUT2D eigenvalue weighted by atomic mass is 14.2. The smallest absolute Gasteiger partial charge is 0.00642 e. The van der Waals surface area contributed by atoms with E-state index in [1.54, 1.807) is 0 Å². The van der Waals surface area contributed by atoms with Crippen molar-refractivity contribution < 1.29 is 0 Å². The Kier molecular flexibility index (Phi) is 4.17. The summed E-state index contributed by atoms with van der Waals surface area (Å²) in [5, 5.41) is 5.41. The summed E-state index contributed by atoms with van der Waals surface area (Å²) in [4.78, 5) is 0. The minimum absolute atomic E-state index is 0.990. The molecule has 3 aromatic rings. The second-order valence-corrected chi connectivity index (χ2v) is 8.50. The minimum Gasteiger partial charge on any atom is -0.0795 e. The highest BCUT2D eigenvalue weighted by Crippen LogP contribution is 2.37. The van der Waals surface area contributed by atoms with Crippen molar-refractivity contribution in [1.29, 1.82) is 0 Å². The lowest BCUT2D eigenvalue weighted by molar-refractivity contribution is 1.34. The Morgan fingerprint density at radius 1 is 0.862 bits per heavy atom. The van der Waals surface area contributed by atoms with Crippen LogP contribution in [0.5, 0.6) is 0 Å². The molecule has 0 radical (unpaired) electrons. The zero-order valence-corrected chi connectivity index (χ0v) is 17.6. The highest BCUT2D eigenvalue weighted by Gasteiger charge is 2.20. The Morgan fingerprint density at radius 2 is 1.69 bits per heavy atom. The third-order valence-corrected chi connectivity index (χ3v) is 6.24. The molecule has 0 heterocycles. The number of aryl methyl sites for hydroxylation is 2. The number of hydrogen-bond acceptors (Lipinski definition) is 0. The summed E-state index contributed by atoms with van der Waals surface area (Å²) in [6, 6.07) is 20.2. The summed E-state index contributed by atoms with van der Waals surface area (Å²) < 4.78 is 0. The summed E-state index contributed by atoms with van der Waals surface area (Å²) in [7, 11) is 0. The van der Waals surface area contributed by atoms with Gasteiger partial charge in [0.25, 0.3) is 0 Å². The van der Waals surface area contributed by atoms with E-state index in [9.17, 15) is 0 Å². The molecule has 2 aliphatic carbocycles. The van der Waals surface area contributed by atoms with Crippen LogP contribution in [0.15, 0.2) is 66.7 Å². The molecule has 142 valence electrons. The van der Waals surface area contributed by atoms with E-state index in [2.05, 4.69) is 101 Å². The van der Waals surface area contributed by atoms with Crippen molar-refractivity contribution in [1.82, 2.24) is 0 Å². The molecule has 0 fully saturated rings. The molecule has 0 atom stereocenters. The number of allylic oxidation sites excluding steroid dienone is 4. The quantitative estimate of drug-likeness (QED) is 0.416. The first-order valence-electron chi connectivity index (χ1n) is 10.4. The number of fused-ring (bicyclic) bond motifs is 2. The Hall–Kier alpha value is -3.12. The third-order valence-electron chi connectivity index (χ3n) is 6.24. The molecule has 0 heteroatoms. The zero-order chi connectivity index (χ0) is 20.1. The van der Waals surface area contributed by atoms with Gasteiger partial charge in [-0.25, -0.2) is 0 Å². The maximum Gasteiger partial charge on any atom is -0.00642 e. The first-order chi connectivity index (χ1) is 14.0. The molecule has 0 aromatic heterocycles. The molecule has 2 aliphatic rings. The molecule has 0 nitrogen and oxygen atoms in total. The predicted octanol–water partition coefficient (Wildman–Crippen LogP) is 5.79. The fourth-order valence-electron chi connectivity index (χ4n) is 4.88. The lowest BCUT2D eigenvalue weighted by atomic mass is 9.88. The second kappa shape index (κ2) is 6.74. The van der Waals surface area contributed by atoms with E-state index in [1.165, 1.54) is 65.4 Å². The SMILES string of the molecule is CC(C)=c1ccc2c(c1C1=C(c3ccc(C)cc3C)C=CC1)C=c1ccccc1=2. The van der Waals surface area contributed by atoms with Gasteiger partial charge in [-0.1, -0.05) is 77.9 Å². The van der Waals surface area contributed by atoms with Crippen LogP contribution in [-0.4, -0.2) is 0 Å². The van der Waals surface area contributed by atoms with Crippen molar-refractivity contribution >= 4 is 22.8 Å². The van der Waals surface area contributed by atoms with E-state index >= 15 is 0 Å². The summed E-state index contributed by atoms with van der Waals surface area (Å²) in [6.45, 7) is 8.86. The molecule has 0 spiro atoms. The zero-order valence-electron chi connectivity index (χ0n) is 17.6. The van der Waals surface area contributed by atoms with Gasteiger partial charge in [0.15, 0.2) is 0 Å². The average Bonchev–Trinajstić information content (AvgIpc) is 3.31. The van der Waals surface area contributed by atoms with Crippen molar-refractivity contribution in [2.75, 3.05) is 0 Å². The Labute approximate surface area is 172 Å². The predicted molar refractivity (Wildman–Crippen MR) is 125 cm³/mol. The summed E-state index contributed by atoms with van der Waals surface area (Å²) in [5.74, 6) is 0. The van der Waals surface area contributed by atoms with Crippen molar-refractivity contribution in [2.24, 2.45) is 0 Å².